The topological polar surface area (TPSA) is 58.6 Å². The standard InChI is InChI=1S/C15H21NO3/c1-16-15(14(17)18,13-5-3-2-4-6-13)11-19-10-9-12-7-8-12/h2-6,12,16H,7-11H2,1H3,(H,17,18). The Morgan fingerprint density at radius 3 is 2.63 bits per heavy atom. The van der Waals surface area contributed by atoms with Crippen LogP contribution in [0, 0.1) is 5.92 Å². The number of aliphatic carboxylic acids is 1. The van der Waals surface area contributed by atoms with Crippen LogP contribution in [-0.4, -0.2) is 31.3 Å². The molecule has 0 saturated heterocycles. The third-order valence-electron chi connectivity index (χ3n) is 3.74. The van der Waals surface area contributed by atoms with Crippen LogP contribution in [0.1, 0.15) is 24.8 Å². The Morgan fingerprint density at radius 2 is 2.11 bits per heavy atom. The van der Waals surface area contributed by atoms with Crippen molar-refractivity contribution in [2.45, 2.75) is 24.8 Å². The molecule has 1 atom stereocenters. The first kappa shape index (κ1) is 14.0. The number of rotatable bonds is 8. The molecule has 0 radical (unpaired) electrons. The van der Waals surface area contributed by atoms with E-state index < -0.39 is 11.5 Å². The zero-order valence-electron chi connectivity index (χ0n) is 11.3. The SMILES string of the molecule is CNC(COCCC1CC1)(C(=O)O)c1ccccc1. The first-order valence-corrected chi connectivity index (χ1v) is 6.74. The Kier molecular flexibility index (Phi) is 4.56. The molecular weight excluding hydrogens is 242 g/mol. The molecule has 4 heteroatoms. The van der Waals surface area contributed by atoms with Crippen LogP contribution >= 0.6 is 0 Å². The molecule has 19 heavy (non-hydrogen) atoms. The van der Waals surface area contributed by atoms with Crippen LogP contribution in [0.3, 0.4) is 0 Å². The van der Waals surface area contributed by atoms with Crippen LogP contribution < -0.4 is 5.32 Å². The Labute approximate surface area is 113 Å². The van der Waals surface area contributed by atoms with Crippen molar-refractivity contribution in [3.63, 3.8) is 0 Å². The Balaban J connectivity index is 2.02. The molecule has 4 nitrogen and oxygen atoms in total. The maximum Gasteiger partial charge on any atom is 0.330 e. The van der Waals surface area contributed by atoms with E-state index in [4.69, 9.17) is 4.74 Å². The summed E-state index contributed by atoms with van der Waals surface area (Å²) in [6.45, 7) is 0.782. The van der Waals surface area contributed by atoms with Gasteiger partial charge in [0.1, 0.15) is 0 Å². The number of carboxylic acids is 1. The first-order chi connectivity index (χ1) is 9.19. The second kappa shape index (κ2) is 6.17. The summed E-state index contributed by atoms with van der Waals surface area (Å²) in [6.07, 6.45) is 3.62. The molecule has 1 unspecified atom stereocenters. The summed E-state index contributed by atoms with van der Waals surface area (Å²) in [5.41, 5.74) is -0.443. The van der Waals surface area contributed by atoms with Gasteiger partial charge in [-0.25, -0.2) is 4.79 Å². The number of hydrogen-bond acceptors (Lipinski definition) is 3. The first-order valence-electron chi connectivity index (χ1n) is 6.74. The number of benzene rings is 1. The fourth-order valence-corrected chi connectivity index (χ4v) is 2.20. The van der Waals surface area contributed by atoms with E-state index in [9.17, 15) is 9.90 Å². The normalized spacial score (nSPS) is 17.9. The Bertz CT molecular complexity index is 417. The molecule has 2 N–H and O–H groups in total. The second-order valence-corrected chi connectivity index (χ2v) is 5.11. The average molecular weight is 263 g/mol. The van der Waals surface area contributed by atoms with Gasteiger partial charge < -0.3 is 9.84 Å². The van der Waals surface area contributed by atoms with E-state index in [0.29, 0.717) is 6.61 Å². The monoisotopic (exact) mass is 263 g/mol. The number of likely N-dealkylation sites (N-methyl/N-ethyl adjacent to an activating group) is 1. The van der Waals surface area contributed by atoms with E-state index in [0.717, 1.165) is 17.9 Å². The highest BCUT2D eigenvalue weighted by atomic mass is 16.5. The molecule has 1 saturated carbocycles. The highest BCUT2D eigenvalue weighted by molar-refractivity contribution is 5.81. The molecule has 0 bridgehead atoms. The van der Waals surface area contributed by atoms with Gasteiger partial charge in [-0.2, -0.15) is 0 Å². The average Bonchev–Trinajstić information content (AvgIpc) is 3.24. The fraction of sp³-hybridized carbons (Fsp3) is 0.533. The largest absolute Gasteiger partial charge is 0.480 e. The van der Waals surface area contributed by atoms with Crippen molar-refractivity contribution in [3.05, 3.63) is 35.9 Å². The highest BCUT2D eigenvalue weighted by Crippen LogP contribution is 2.32. The van der Waals surface area contributed by atoms with Crippen molar-refractivity contribution < 1.29 is 14.6 Å². The lowest BCUT2D eigenvalue weighted by atomic mass is 9.91. The van der Waals surface area contributed by atoms with E-state index in [2.05, 4.69) is 5.32 Å². The molecule has 0 spiro atoms. The van der Waals surface area contributed by atoms with Gasteiger partial charge in [0, 0.05) is 6.61 Å². The molecule has 0 aromatic heterocycles. The molecule has 0 amide bonds. The maximum absolute atomic E-state index is 11.7. The highest BCUT2D eigenvalue weighted by Gasteiger charge is 2.39. The van der Waals surface area contributed by atoms with Crippen LogP contribution in [0.25, 0.3) is 0 Å². The summed E-state index contributed by atoms with van der Waals surface area (Å²) in [5, 5.41) is 12.5. The molecule has 2 rings (SSSR count). The van der Waals surface area contributed by atoms with Gasteiger partial charge in [-0.05, 0) is 24.9 Å². The smallest absolute Gasteiger partial charge is 0.330 e. The zero-order chi connectivity index (χ0) is 13.7. The minimum absolute atomic E-state index is 0.148. The van der Waals surface area contributed by atoms with E-state index in [1.54, 1.807) is 7.05 Å². The van der Waals surface area contributed by atoms with Gasteiger partial charge >= 0.3 is 5.97 Å². The number of carboxylic acid groups (broad SMARTS) is 1. The van der Waals surface area contributed by atoms with E-state index in [1.165, 1.54) is 12.8 Å². The van der Waals surface area contributed by atoms with E-state index in [-0.39, 0.29) is 6.61 Å². The van der Waals surface area contributed by atoms with Crippen molar-refractivity contribution in [1.29, 1.82) is 0 Å². The van der Waals surface area contributed by atoms with Gasteiger partial charge in [0.25, 0.3) is 0 Å². The number of nitrogens with one attached hydrogen (secondary N) is 1. The van der Waals surface area contributed by atoms with Crippen LogP contribution in [-0.2, 0) is 15.1 Å². The van der Waals surface area contributed by atoms with Crippen molar-refractivity contribution in [2.75, 3.05) is 20.3 Å². The molecule has 0 heterocycles. The molecule has 1 aliphatic rings. The lowest BCUT2D eigenvalue weighted by Crippen LogP contribution is -2.51. The van der Waals surface area contributed by atoms with Gasteiger partial charge in [0.05, 0.1) is 6.61 Å². The van der Waals surface area contributed by atoms with Gasteiger partial charge in [0.15, 0.2) is 5.54 Å². The van der Waals surface area contributed by atoms with Crippen molar-refractivity contribution in [3.8, 4) is 0 Å². The fourth-order valence-electron chi connectivity index (χ4n) is 2.20. The lowest BCUT2D eigenvalue weighted by molar-refractivity contribution is -0.148. The quantitative estimate of drug-likeness (QED) is 0.704. The molecule has 1 fully saturated rings. The number of ether oxygens (including phenoxy) is 1. The zero-order valence-corrected chi connectivity index (χ0v) is 11.3. The molecule has 1 aromatic carbocycles. The second-order valence-electron chi connectivity index (χ2n) is 5.11. The van der Waals surface area contributed by atoms with Gasteiger partial charge in [0.2, 0.25) is 0 Å². The third-order valence-corrected chi connectivity index (χ3v) is 3.74. The maximum atomic E-state index is 11.7. The number of hydrogen-bond donors (Lipinski definition) is 2. The summed E-state index contributed by atoms with van der Waals surface area (Å²) < 4.78 is 5.61. The third kappa shape index (κ3) is 3.33. The summed E-state index contributed by atoms with van der Waals surface area (Å²) in [4.78, 5) is 11.7. The van der Waals surface area contributed by atoms with Crippen LogP contribution in [0.15, 0.2) is 30.3 Å². The van der Waals surface area contributed by atoms with Crippen LogP contribution in [0.5, 0.6) is 0 Å². The summed E-state index contributed by atoms with van der Waals surface area (Å²) >= 11 is 0. The molecule has 0 aliphatic heterocycles. The van der Waals surface area contributed by atoms with Crippen molar-refractivity contribution in [2.24, 2.45) is 5.92 Å². The van der Waals surface area contributed by atoms with E-state index >= 15 is 0 Å². The van der Waals surface area contributed by atoms with Crippen LogP contribution in [0.4, 0.5) is 0 Å². The minimum atomic E-state index is -1.16. The predicted molar refractivity (Wildman–Crippen MR) is 73.0 cm³/mol. The summed E-state index contributed by atoms with van der Waals surface area (Å²) in [7, 11) is 1.66. The van der Waals surface area contributed by atoms with Gasteiger partial charge in [-0.3, -0.25) is 5.32 Å². The van der Waals surface area contributed by atoms with Gasteiger partial charge in [-0.15, -0.1) is 0 Å². The number of carbonyl (C=O) groups is 1. The van der Waals surface area contributed by atoms with E-state index in [1.807, 2.05) is 30.3 Å². The summed E-state index contributed by atoms with van der Waals surface area (Å²) in [5.74, 6) is -0.113. The molecule has 104 valence electrons. The Morgan fingerprint density at radius 1 is 1.42 bits per heavy atom. The predicted octanol–water partition coefficient (Wildman–Crippen LogP) is 2.00. The lowest BCUT2D eigenvalue weighted by Gasteiger charge is -2.29. The van der Waals surface area contributed by atoms with Gasteiger partial charge in [-0.1, -0.05) is 43.2 Å². The molecule has 1 aliphatic carbocycles. The van der Waals surface area contributed by atoms with Crippen molar-refractivity contribution in [1.82, 2.24) is 5.32 Å². The van der Waals surface area contributed by atoms with Crippen LogP contribution in [0.2, 0.25) is 0 Å². The Hall–Kier alpha value is -1.39. The summed E-state index contributed by atoms with van der Waals surface area (Å²) in [6, 6.07) is 9.19. The van der Waals surface area contributed by atoms with Crippen molar-refractivity contribution >= 4 is 5.97 Å². The minimum Gasteiger partial charge on any atom is -0.480 e. The molecular formula is C15H21NO3. The molecule has 1 aromatic rings.